The number of hydrogen-bond acceptors (Lipinski definition) is 2. The molecule has 0 radical (unpaired) electrons. The first-order chi connectivity index (χ1) is 8.97. The van der Waals surface area contributed by atoms with E-state index in [0.29, 0.717) is 12.8 Å². The van der Waals surface area contributed by atoms with E-state index >= 15 is 0 Å². The lowest BCUT2D eigenvalue weighted by atomic mass is 9.79. The van der Waals surface area contributed by atoms with Gasteiger partial charge in [-0.15, -0.1) is 0 Å². The van der Waals surface area contributed by atoms with Crippen molar-refractivity contribution >= 4 is 11.9 Å². The number of hydrogen-bond donors (Lipinski definition) is 2. The highest BCUT2D eigenvalue weighted by Crippen LogP contribution is 2.34. The second-order valence-electron chi connectivity index (χ2n) is 5.82. The molecule has 0 spiro atoms. The average molecular weight is 269 g/mol. The van der Waals surface area contributed by atoms with Crippen LogP contribution in [0.3, 0.4) is 0 Å². The average Bonchev–Trinajstić information content (AvgIpc) is 3.18. The van der Waals surface area contributed by atoms with Crippen LogP contribution in [0.5, 0.6) is 0 Å². The summed E-state index contributed by atoms with van der Waals surface area (Å²) in [5.41, 5.74) is -0.901. The lowest BCUT2D eigenvalue weighted by molar-refractivity contribution is -0.152. The SMILES string of the molecule is CCC(CC1CC1)NC(=O)CC(CC)(CC)C(=O)O. The molecular formula is C15H27NO3. The van der Waals surface area contributed by atoms with Gasteiger partial charge in [-0.05, 0) is 31.6 Å². The summed E-state index contributed by atoms with van der Waals surface area (Å²) in [4.78, 5) is 23.5. The van der Waals surface area contributed by atoms with Crippen LogP contribution in [0.2, 0.25) is 0 Å². The first kappa shape index (κ1) is 16.0. The maximum absolute atomic E-state index is 12.1. The van der Waals surface area contributed by atoms with Crippen molar-refractivity contribution < 1.29 is 14.7 Å². The molecular weight excluding hydrogens is 242 g/mol. The standard InChI is InChI=1S/C15H27NO3/c1-4-12(9-11-7-8-11)16-13(17)10-15(5-2,6-3)14(18)19/h11-12H,4-10H2,1-3H3,(H,16,17)(H,18,19). The Labute approximate surface area is 116 Å². The maximum Gasteiger partial charge on any atom is 0.310 e. The first-order valence-electron chi connectivity index (χ1n) is 7.50. The van der Waals surface area contributed by atoms with E-state index in [1.165, 1.54) is 12.8 Å². The third kappa shape index (κ3) is 4.51. The number of carbonyl (C=O) groups excluding carboxylic acids is 1. The molecule has 2 N–H and O–H groups in total. The van der Waals surface area contributed by atoms with Crippen molar-refractivity contribution in [1.29, 1.82) is 0 Å². The molecule has 0 heterocycles. The second-order valence-corrected chi connectivity index (χ2v) is 5.82. The topological polar surface area (TPSA) is 66.4 Å². The number of rotatable bonds is 9. The van der Waals surface area contributed by atoms with Crippen LogP contribution in [0, 0.1) is 11.3 Å². The van der Waals surface area contributed by atoms with E-state index in [9.17, 15) is 14.7 Å². The Morgan fingerprint density at radius 2 is 1.84 bits per heavy atom. The van der Waals surface area contributed by atoms with Crippen molar-refractivity contribution in [3.05, 3.63) is 0 Å². The normalized spacial score (nSPS) is 17.0. The number of aliphatic carboxylic acids is 1. The van der Waals surface area contributed by atoms with Gasteiger partial charge in [-0.3, -0.25) is 9.59 Å². The van der Waals surface area contributed by atoms with Gasteiger partial charge in [0, 0.05) is 12.5 Å². The summed E-state index contributed by atoms with van der Waals surface area (Å²) >= 11 is 0. The quantitative estimate of drug-likeness (QED) is 0.676. The Hall–Kier alpha value is -1.06. The highest BCUT2D eigenvalue weighted by molar-refractivity contribution is 5.85. The Balaban J connectivity index is 2.53. The van der Waals surface area contributed by atoms with Gasteiger partial charge in [0.2, 0.25) is 5.91 Å². The Bertz CT molecular complexity index is 319. The highest BCUT2D eigenvalue weighted by Gasteiger charge is 2.37. The summed E-state index contributed by atoms with van der Waals surface area (Å²) in [5, 5.41) is 12.4. The predicted octanol–water partition coefficient (Wildman–Crippen LogP) is 2.96. The molecule has 1 fully saturated rings. The van der Waals surface area contributed by atoms with Gasteiger partial charge in [0.1, 0.15) is 0 Å². The molecule has 1 aliphatic rings. The van der Waals surface area contributed by atoms with Crippen LogP contribution in [-0.2, 0) is 9.59 Å². The van der Waals surface area contributed by atoms with E-state index in [0.717, 1.165) is 18.8 Å². The lowest BCUT2D eigenvalue weighted by Crippen LogP contribution is -2.41. The third-order valence-corrected chi connectivity index (χ3v) is 4.48. The molecule has 1 aliphatic carbocycles. The lowest BCUT2D eigenvalue weighted by Gasteiger charge is -2.27. The highest BCUT2D eigenvalue weighted by atomic mass is 16.4. The van der Waals surface area contributed by atoms with E-state index in [1.807, 2.05) is 13.8 Å². The largest absolute Gasteiger partial charge is 0.481 e. The van der Waals surface area contributed by atoms with Gasteiger partial charge in [0.15, 0.2) is 0 Å². The van der Waals surface area contributed by atoms with Gasteiger partial charge < -0.3 is 10.4 Å². The molecule has 0 saturated heterocycles. The van der Waals surface area contributed by atoms with Crippen LogP contribution in [0.25, 0.3) is 0 Å². The molecule has 1 unspecified atom stereocenters. The van der Waals surface area contributed by atoms with Crippen molar-refractivity contribution in [1.82, 2.24) is 5.32 Å². The van der Waals surface area contributed by atoms with Crippen molar-refractivity contribution in [2.75, 3.05) is 0 Å². The molecule has 0 aromatic carbocycles. The van der Waals surface area contributed by atoms with Crippen LogP contribution in [0.15, 0.2) is 0 Å². The number of carboxylic acid groups (broad SMARTS) is 1. The molecule has 1 atom stereocenters. The summed E-state index contributed by atoms with van der Waals surface area (Å²) < 4.78 is 0. The van der Waals surface area contributed by atoms with Crippen LogP contribution in [0.4, 0.5) is 0 Å². The maximum atomic E-state index is 12.1. The van der Waals surface area contributed by atoms with Gasteiger partial charge in [0.25, 0.3) is 0 Å². The molecule has 4 heteroatoms. The summed E-state index contributed by atoms with van der Waals surface area (Å²) in [6.45, 7) is 5.75. The molecule has 0 aliphatic heterocycles. The Morgan fingerprint density at radius 3 is 2.21 bits per heavy atom. The molecule has 0 bridgehead atoms. The third-order valence-electron chi connectivity index (χ3n) is 4.48. The molecule has 110 valence electrons. The fraction of sp³-hybridized carbons (Fsp3) is 0.867. The van der Waals surface area contributed by atoms with E-state index in [-0.39, 0.29) is 18.4 Å². The van der Waals surface area contributed by atoms with E-state index in [2.05, 4.69) is 12.2 Å². The number of amides is 1. The van der Waals surface area contributed by atoms with Crippen molar-refractivity contribution in [2.24, 2.45) is 11.3 Å². The molecule has 19 heavy (non-hydrogen) atoms. The van der Waals surface area contributed by atoms with Gasteiger partial charge in [-0.1, -0.05) is 33.6 Å². The molecule has 4 nitrogen and oxygen atoms in total. The summed E-state index contributed by atoms with van der Waals surface area (Å²) in [6, 6.07) is 0.209. The molecule has 0 aromatic rings. The smallest absolute Gasteiger partial charge is 0.310 e. The van der Waals surface area contributed by atoms with Crippen molar-refractivity contribution in [2.45, 2.75) is 71.8 Å². The van der Waals surface area contributed by atoms with Crippen LogP contribution < -0.4 is 5.32 Å². The molecule has 1 rings (SSSR count). The van der Waals surface area contributed by atoms with Gasteiger partial charge in [0.05, 0.1) is 5.41 Å². The molecule has 0 aromatic heterocycles. The fourth-order valence-electron chi connectivity index (χ4n) is 2.55. The minimum Gasteiger partial charge on any atom is -0.481 e. The Morgan fingerprint density at radius 1 is 1.26 bits per heavy atom. The monoisotopic (exact) mass is 269 g/mol. The zero-order chi connectivity index (χ0) is 14.5. The van der Waals surface area contributed by atoms with Crippen LogP contribution >= 0.6 is 0 Å². The van der Waals surface area contributed by atoms with Crippen molar-refractivity contribution in [3.8, 4) is 0 Å². The molecule has 1 amide bonds. The zero-order valence-electron chi connectivity index (χ0n) is 12.4. The van der Waals surface area contributed by atoms with Gasteiger partial charge in [-0.25, -0.2) is 0 Å². The minimum atomic E-state index is -0.901. The zero-order valence-corrected chi connectivity index (χ0v) is 12.4. The first-order valence-corrected chi connectivity index (χ1v) is 7.50. The van der Waals surface area contributed by atoms with E-state index in [4.69, 9.17) is 0 Å². The van der Waals surface area contributed by atoms with E-state index in [1.54, 1.807) is 0 Å². The van der Waals surface area contributed by atoms with Gasteiger partial charge >= 0.3 is 5.97 Å². The van der Waals surface area contributed by atoms with Crippen LogP contribution in [-0.4, -0.2) is 23.0 Å². The summed E-state index contributed by atoms with van der Waals surface area (Å²) in [6.07, 6.45) is 5.58. The number of nitrogens with one attached hydrogen (secondary N) is 1. The number of carboxylic acids is 1. The molecule has 1 saturated carbocycles. The Kier molecular flexibility index (Phi) is 5.83. The predicted molar refractivity (Wildman–Crippen MR) is 74.8 cm³/mol. The second kappa shape index (κ2) is 6.92. The minimum absolute atomic E-state index is 0.0938. The van der Waals surface area contributed by atoms with Gasteiger partial charge in [-0.2, -0.15) is 0 Å². The number of carbonyl (C=O) groups is 2. The summed E-state index contributed by atoms with van der Waals surface area (Å²) in [5.74, 6) is -0.201. The van der Waals surface area contributed by atoms with E-state index < -0.39 is 11.4 Å². The van der Waals surface area contributed by atoms with Crippen LogP contribution in [0.1, 0.15) is 65.7 Å². The summed E-state index contributed by atoms with van der Waals surface area (Å²) in [7, 11) is 0. The van der Waals surface area contributed by atoms with Crippen molar-refractivity contribution in [3.63, 3.8) is 0 Å². The fourth-order valence-corrected chi connectivity index (χ4v) is 2.55.